The number of hydrogen-bond donors (Lipinski definition) is 3. The smallest absolute Gasteiger partial charge is 0.315 e. The number of carbonyl (C=O) groups is 1. The maximum atomic E-state index is 11.8. The van der Waals surface area contributed by atoms with Gasteiger partial charge in [-0.1, -0.05) is 19.0 Å². The second-order valence-electron chi connectivity index (χ2n) is 6.02. The zero-order chi connectivity index (χ0) is 20.0. The molecule has 0 aromatic carbocycles. The summed E-state index contributed by atoms with van der Waals surface area (Å²) in [7, 11) is 0. The van der Waals surface area contributed by atoms with E-state index >= 15 is 0 Å². The van der Waals surface area contributed by atoms with E-state index < -0.39 is 23.7 Å². The Morgan fingerprint density at radius 3 is 2.93 bits per heavy atom. The van der Waals surface area contributed by atoms with Gasteiger partial charge in [0.05, 0.1) is 12.9 Å². The Balaban J connectivity index is 1.84. The van der Waals surface area contributed by atoms with Crippen LogP contribution in [0.15, 0.2) is 16.2 Å². The highest BCUT2D eigenvalue weighted by atomic mass is 16.6. The van der Waals surface area contributed by atoms with E-state index in [1.54, 1.807) is 13.8 Å². The van der Waals surface area contributed by atoms with E-state index in [1.807, 2.05) is 0 Å². The zero-order valence-corrected chi connectivity index (χ0v) is 14.8. The third-order valence-electron chi connectivity index (χ3n) is 3.50. The standard InChI is InChI=1S/C14H20N8O5/c1-7(2)9(20-21-16)13(25)27-4-8(23)3-26-6-22-5-17-10-11(22)18-14(15)19-12(10)24/h5,7-9,23H,3-4,6H2,1-2H3,(H3,15,18,19,24). The molecule has 0 saturated carbocycles. The van der Waals surface area contributed by atoms with E-state index in [-0.39, 0.29) is 43.0 Å². The van der Waals surface area contributed by atoms with Gasteiger partial charge in [0.1, 0.15) is 25.5 Å². The van der Waals surface area contributed by atoms with E-state index in [1.165, 1.54) is 10.9 Å². The fraction of sp³-hybridized carbons (Fsp3) is 0.571. The summed E-state index contributed by atoms with van der Waals surface area (Å²) in [5, 5.41) is 13.2. The Kier molecular flexibility index (Phi) is 6.71. The molecule has 0 aliphatic rings. The molecule has 13 heteroatoms. The molecule has 0 saturated heterocycles. The average Bonchev–Trinajstić information content (AvgIpc) is 3.00. The number of H-pyrrole nitrogens is 1. The van der Waals surface area contributed by atoms with Gasteiger partial charge in [-0.2, -0.15) is 4.98 Å². The van der Waals surface area contributed by atoms with Crippen LogP contribution in [0.25, 0.3) is 21.6 Å². The number of esters is 1. The molecule has 2 heterocycles. The molecule has 0 fully saturated rings. The van der Waals surface area contributed by atoms with Crippen LogP contribution in [0.1, 0.15) is 13.8 Å². The van der Waals surface area contributed by atoms with Crippen molar-refractivity contribution in [2.24, 2.45) is 11.0 Å². The Labute approximate surface area is 152 Å². The number of aliphatic hydroxyl groups excluding tert-OH is 1. The molecule has 2 atom stereocenters. The van der Waals surface area contributed by atoms with Crippen molar-refractivity contribution in [1.29, 1.82) is 0 Å². The number of aromatic nitrogens is 4. The van der Waals surface area contributed by atoms with Gasteiger partial charge in [0.25, 0.3) is 5.56 Å². The first kappa shape index (κ1) is 20.2. The molecule has 0 radical (unpaired) electrons. The van der Waals surface area contributed by atoms with Crippen molar-refractivity contribution < 1.29 is 19.4 Å². The van der Waals surface area contributed by atoms with Crippen LogP contribution in [0.3, 0.4) is 0 Å². The number of carbonyl (C=O) groups excluding carboxylic acids is 1. The summed E-state index contributed by atoms with van der Waals surface area (Å²) in [4.78, 5) is 36.4. The number of fused-ring (bicyclic) bond motifs is 1. The lowest BCUT2D eigenvalue weighted by Crippen LogP contribution is -2.31. The van der Waals surface area contributed by atoms with Gasteiger partial charge < -0.3 is 20.3 Å². The first-order valence-electron chi connectivity index (χ1n) is 8.00. The molecule has 0 aliphatic carbocycles. The fourth-order valence-electron chi connectivity index (χ4n) is 2.17. The van der Waals surface area contributed by atoms with Crippen LogP contribution in [0.2, 0.25) is 0 Å². The van der Waals surface area contributed by atoms with E-state index in [2.05, 4.69) is 25.0 Å². The molecule has 4 N–H and O–H groups in total. The number of nitrogens with one attached hydrogen (secondary N) is 1. The summed E-state index contributed by atoms with van der Waals surface area (Å²) in [6.07, 6.45) is 0.260. The summed E-state index contributed by atoms with van der Waals surface area (Å²) in [6.45, 7) is 2.89. The highest BCUT2D eigenvalue weighted by Gasteiger charge is 2.23. The summed E-state index contributed by atoms with van der Waals surface area (Å²) in [5.41, 5.74) is 13.8. The van der Waals surface area contributed by atoms with Crippen molar-refractivity contribution in [3.05, 3.63) is 27.1 Å². The lowest BCUT2D eigenvalue weighted by molar-refractivity contribution is -0.150. The van der Waals surface area contributed by atoms with Crippen molar-refractivity contribution in [3.63, 3.8) is 0 Å². The quantitative estimate of drug-likeness (QED) is 0.232. The van der Waals surface area contributed by atoms with Crippen molar-refractivity contribution in [1.82, 2.24) is 19.5 Å². The first-order valence-corrected chi connectivity index (χ1v) is 8.00. The minimum atomic E-state index is -1.09. The number of nitrogens with two attached hydrogens (primary N) is 1. The zero-order valence-electron chi connectivity index (χ0n) is 14.8. The predicted molar refractivity (Wildman–Crippen MR) is 93.3 cm³/mol. The van der Waals surface area contributed by atoms with Gasteiger partial charge in [0, 0.05) is 4.91 Å². The first-order chi connectivity index (χ1) is 12.8. The molecule has 2 aromatic heterocycles. The third-order valence-corrected chi connectivity index (χ3v) is 3.50. The Morgan fingerprint density at radius 1 is 1.52 bits per heavy atom. The molecule has 13 nitrogen and oxygen atoms in total. The number of aliphatic hydroxyl groups is 1. The highest BCUT2D eigenvalue weighted by molar-refractivity contribution is 5.76. The molecule has 2 rings (SSSR count). The number of rotatable bonds is 9. The molecule has 0 spiro atoms. The van der Waals surface area contributed by atoms with Gasteiger partial charge in [0.15, 0.2) is 11.2 Å². The molecule has 27 heavy (non-hydrogen) atoms. The van der Waals surface area contributed by atoms with E-state index in [0.29, 0.717) is 0 Å². The maximum Gasteiger partial charge on any atom is 0.315 e. The molecule has 146 valence electrons. The van der Waals surface area contributed by atoms with Crippen LogP contribution in [0.5, 0.6) is 0 Å². The number of nitrogens with zero attached hydrogens (tertiary/aromatic N) is 6. The summed E-state index contributed by atoms with van der Waals surface area (Å²) < 4.78 is 11.7. The van der Waals surface area contributed by atoms with Crippen molar-refractivity contribution in [3.8, 4) is 0 Å². The summed E-state index contributed by atoms with van der Waals surface area (Å²) >= 11 is 0. The van der Waals surface area contributed by atoms with Gasteiger partial charge in [-0.05, 0) is 11.4 Å². The molecule has 2 aromatic rings. The van der Waals surface area contributed by atoms with Gasteiger partial charge >= 0.3 is 5.97 Å². The van der Waals surface area contributed by atoms with Gasteiger partial charge in [0.2, 0.25) is 5.95 Å². The number of nitrogen functional groups attached to an aromatic ring is 1. The molecule has 0 aliphatic heterocycles. The number of hydrogen-bond acceptors (Lipinski definition) is 9. The minimum Gasteiger partial charge on any atom is -0.463 e. The normalized spacial score (nSPS) is 13.3. The number of aromatic amines is 1. The fourth-order valence-corrected chi connectivity index (χ4v) is 2.17. The third kappa shape index (κ3) is 5.17. The van der Waals surface area contributed by atoms with Crippen LogP contribution in [0.4, 0.5) is 5.95 Å². The number of azide groups is 1. The molecule has 0 amide bonds. The van der Waals surface area contributed by atoms with Crippen LogP contribution in [-0.4, -0.2) is 56.0 Å². The maximum absolute atomic E-state index is 11.8. The lowest BCUT2D eigenvalue weighted by Gasteiger charge is -2.16. The average molecular weight is 380 g/mol. The van der Waals surface area contributed by atoms with Crippen LogP contribution in [0, 0.1) is 5.92 Å². The van der Waals surface area contributed by atoms with Gasteiger partial charge in [-0.15, -0.1) is 0 Å². The summed E-state index contributed by atoms with van der Waals surface area (Å²) in [6, 6.07) is -0.963. The second kappa shape index (κ2) is 8.98. The number of ether oxygens (including phenoxy) is 2. The van der Waals surface area contributed by atoms with Crippen molar-refractivity contribution in [2.45, 2.75) is 32.7 Å². The van der Waals surface area contributed by atoms with Crippen LogP contribution in [-0.2, 0) is 21.0 Å². The minimum absolute atomic E-state index is 0.0508. The molecule has 2 unspecified atom stereocenters. The predicted octanol–water partition coefficient (Wildman–Crippen LogP) is -0.0851. The molecular weight excluding hydrogens is 360 g/mol. The molecule has 0 bridgehead atoms. The van der Waals surface area contributed by atoms with E-state index in [4.69, 9.17) is 20.7 Å². The summed E-state index contributed by atoms with van der Waals surface area (Å²) in [5.74, 6) is -1.01. The Hall–Kier alpha value is -3.15. The monoisotopic (exact) mass is 380 g/mol. The SMILES string of the molecule is CC(C)C(N=[N+]=[N-])C(=O)OCC(O)COCn1cnc2c(=O)[nH]c(N)nc21. The Morgan fingerprint density at radius 2 is 2.26 bits per heavy atom. The van der Waals surface area contributed by atoms with Crippen molar-refractivity contribution in [2.75, 3.05) is 18.9 Å². The van der Waals surface area contributed by atoms with E-state index in [0.717, 1.165) is 0 Å². The van der Waals surface area contributed by atoms with Crippen LogP contribution >= 0.6 is 0 Å². The van der Waals surface area contributed by atoms with Gasteiger partial charge in [-0.3, -0.25) is 19.1 Å². The second-order valence-corrected chi connectivity index (χ2v) is 6.02. The largest absolute Gasteiger partial charge is 0.463 e. The molecular formula is C14H20N8O5. The Bertz CT molecular complexity index is 901. The highest BCUT2D eigenvalue weighted by Crippen LogP contribution is 2.09. The number of imidazole rings is 1. The van der Waals surface area contributed by atoms with Gasteiger partial charge in [-0.25, -0.2) is 4.98 Å². The lowest BCUT2D eigenvalue weighted by atomic mass is 10.1. The number of anilines is 1. The van der Waals surface area contributed by atoms with Crippen molar-refractivity contribution >= 4 is 23.1 Å². The van der Waals surface area contributed by atoms with Crippen LogP contribution < -0.4 is 11.3 Å². The topological polar surface area (TPSA) is 194 Å². The van der Waals surface area contributed by atoms with E-state index in [9.17, 15) is 14.7 Å².